The Morgan fingerprint density at radius 3 is 2.68 bits per heavy atom. The normalized spacial score (nSPS) is 10.5. The van der Waals surface area contributed by atoms with Gasteiger partial charge in [0, 0.05) is 13.1 Å². The summed E-state index contributed by atoms with van der Waals surface area (Å²) >= 11 is 3.03. The molecule has 0 saturated heterocycles. The van der Waals surface area contributed by atoms with Crippen LogP contribution in [0.2, 0.25) is 0 Å². The van der Waals surface area contributed by atoms with Crippen molar-refractivity contribution in [2.75, 3.05) is 30.4 Å². The second-order valence-corrected chi connectivity index (χ2v) is 6.04. The molecule has 1 rings (SSSR count). The van der Waals surface area contributed by atoms with E-state index in [9.17, 15) is 4.79 Å². The maximum absolute atomic E-state index is 11.9. The van der Waals surface area contributed by atoms with Gasteiger partial charge in [-0.15, -0.1) is 23.1 Å². The molecule has 0 radical (unpaired) electrons. The van der Waals surface area contributed by atoms with Gasteiger partial charge in [0.05, 0.1) is 10.6 Å². The minimum absolute atomic E-state index is 0.0816. The van der Waals surface area contributed by atoms with Gasteiger partial charge < -0.3 is 16.4 Å². The molecule has 1 heterocycles. The molecule has 4 N–H and O–H groups in total. The lowest BCUT2D eigenvalue weighted by Gasteiger charge is -2.05. The summed E-state index contributed by atoms with van der Waals surface area (Å²) in [5.41, 5.74) is 6.66. The fourth-order valence-corrected chi connectivity index (χ4v) is 3.71. The molecule has 108 valence electrons. The first kappa shape index (κ1) is 16.2. The third-order valence-corrected chi connectivity index (χ3v) is 4.84. The van der Waals surface area contributed by atoms with E-state index in [1.807, 2.05) is 13.2 Å². The molecular weight excluding hydrogens is 278 g/mol. The van der Waals surface area contributed by atoms with Crippen LogP contribution in [0.15, 0.2) is 4.90 Å². The zero-order chi connectivity index (χ0) is 14.3. The molecule has 1 aromatic rings. The molecule has 0 unspecified atom stereocenters. The highest BCUT2D eigenvalue weighted by Crippen LogP contribution is 2.41. The highest BCUT2D eigenvalue weighted by molar-refractivity contribution is 7.99. The van der Waals surface area contributed by atoms with Crippen molar-refractivity contribution in [2.45, 2.75) is 38.0 Å². The lowest BCUT2D eigenvalue weighted by molar-refractivity contribution is 0.0960. The SMILES string of the molecule is CCCCCNc1sc(C(=O)NCC)c(N)c1SC. The number of rotatable bonds is 8. The van der Waals surface area contributed by atoms with Gasteiger partial charge in [0.1, 0.15) is 9.88 Å². The maximum atomic E-state index is 11.9. The van der Waals surface area contributed by atoms with Crippen LogP contribution in [0.1, 0.15) is 42.8 Å². The molecule has 19 heavy (non-hydrogen) atoms. The van der Waals surface area contributed by atoms with Gasteiger partial charge in [-0.2, -0.15) is 0 Å². The number of unbranched alkanes of at least 4 members (excludes halogenated alkanes) is 2. The third kappa shape index (κ3) is 4.31. The van der Waals surface area contributed by atoms with Gasteiger partial charge in [-0.25, -0.2) is 0 Å². The minimum atomic E-state index is -0.0816. The Balaban J connectivity index is 2.80. The van der Waals surface area contributed by atoms with Crippen molar-refractivity contribution in [3.63, 3.8) is 0 Å². The molecular formula is C13H23N3OS2. The molecule has 0 aliphatic heterocycles. The first-order valence-corrected chi connectivity index (χ1v) is 8.68. The maximum Gasteiger partial charge on any atom is 0.263 e. The van der Waals surface area contributed by atoms with Gasteiger partial charge in [-0.1, -0.05) is 19.8 Å². The molecule has 0 spiro atoms. The summed E-state index contributed by atoms with van der Waals surface area (Å²) < 4.78 is 0. The van der Waals surface area contributed by atoms with Gasteiger partial charge in [-0.3, -0.25) is 4.79 Å². The third-order valence-electron chi connectivity index (χ3n) is 2.71. The van der Waals surface area contributed by atoms with Crippen LogP contribution in [-0.4, -0.2) is 25.3 Å². The van der Waals surface area contributed by atoms with E-state index in [-0.39, 0.29) is 5.91 Å². The lowest BCUT2D eigenvalue weighted by atomic mass is 10.2. The number of carbonyl (C=O) groups is 1. The highest BCUT2D eigenvalue weighted by atomic mass is 32.2. The largest absolute Gasteiger partial charge is 0.396 e. The van der Waals surface area contributed by atoms with Gasteiger partial charge >= 0.3 is 0 Å². The number of amides is 1. The van der Waals surface area contributed by atoms with Crippen molar-refractivity contribution in [3.8, 4) is 0 Å². The Morgan fingerprint density at radius 2 is 2.11 bits per heavy atom. The molecule has 1 amide bonds. The molecule has 0 fully saturated rings. The summed E-state index contributed by atoms with van der Waals surface area (Å²) in [6, 6.07) is 0. The van der Waals surface area contributed by atoms with E-state index >= 15 is 0 Å². The van der Waals surface area contributed by atoms with Crippen LogP contribution in [-0.2, 0) is 0 Å². The van der Waals surface area contributed by atoms with Crippen molar-refractivity contribution < 1.29 is 4.79 Å². The van der Waals surface area contributed by atoms with Crippen LogP contribution in [0.5, 0.6) is 0 Å². The van der Waals surface area contributed by atoms with Crippen LogP contribution in [0.25, 0.3) is 0 Å². The summed E-state index contributed by atoms with van der Waals surface area (Å²) in [5.74, 6) is -0.0816. The fraction of sp³-hybridized carbons (Fsp3) is 0.615. The monoisotopic (exact) mass is 301 g/mol. The average Bonchev–Trinajstić information content (AvgIpc) is 2.71. The average molecular weight is 301 g/mol. The molecule has 1 aromatic heterocycles. The van der Waals surface area contributed by atoms with Gasteiger partial charge in [0.15, 0.2) is 0 Å². The van der Waals surface area contributed by atoms with E-state index < -0.39 is 0 Å². The summed E-state index contributed by atoms with van der Waals surface area (Å²) in [6.07, 6.45) is 5.54. The van der Waals surface area contributed by atoms with Crippen LogP contribution in [0.3, 0.4) is 0 Å². The van der Waals surface area contributed by atoms with Gasteiger partial charge in [0.2, 0.25) is 0 Å². The number of thioether (sulfide) groups is 1. The van der Waals surface area contributed by atoms with E-state index in [0.717, 1.165) is 22.9 Å². The molecule has 6 heteroatoms. The van der Waals surface area contributed by atoms with E-state index in [2.05, 4.69) is 17.6 Å². The van der Waals surface area contributed by atoms with E-state index in [1.165, 1.54) is 24.2 Å². The quantitative estimate of drug-likeness (QED) is 0.508. The molecule has 4 nitrogen and oxygen atoms in total. The summed E-state index contributed by atoms with van der Waals surface area (Å²) in [7, 11) is 0. The van der Waals surface area contributed by atoms with Crippen molar-refractivity contribution in [3.05, 3.63) is 4.88 Å². The van der Waals surface area contributed by atoms with Crippen molar-refractivity contribution in [2.24, 2.45) is 0 Å². The van der Waals surface area contributed by atoms with E-state index in [0.29, 0.717) is 17.1 Å². The van der Waals surface area contributed by atoms with Crippen molar-refractivity contribution in [1.29, 1.82) is 0 Å². The Bertz CT molecular complexity index is 418. The molecule has 0 aliphatic carbocycles. The van der Waals surface area contributed by atoms with Crippen LogP contribution >= 0.6 is 23.1 Å². The molecule has 0 saturated carbocycles. The lowest BCUT2D eigenvalue weighted by Crippen LogP contribution is -2.22. The second kappa shape index (κ2) is 8.32. The van der Waals surface area contributed by atoms with Crippen molar-refractivity contribution >= 4 is 39.7 Å². The smallest absolute Gasteiger partial charge is 0.263 e. The summed E-state index contributed by atoms with van der Waals surface area (Å²) in [5, 5.41) is 7.21. The van der Waals surface area contributed by atoms with Gasteiger partial charge in [0.25, 0.3) is 5.91 Å². The minimum Gasteiger partial charge on any atom is -0.396 e. The first-order chi connectivity index (χ1) is 9.15. The zero-order valence-corrected chi connectivity index (χ0v) is 13.5. The number of nitrogens with one attached hydrogen (secondary N) is 2. The highest BCUT2D eigenvalue weighted by Gasteiger charge is 2.19. The van der Waals surface area contributed by atoms with Crippen molar-refractivity contribution in [1.82, 2.24) is 5.32 Å². The van der Waals surface area contributed by atoms with E-state index in [1.54, 1.807) is 11.8 Å². The number of anilines is 2. The number of carbonyl (C=O) groups excluding carboxylic acids is 1. The predicted octanol–water partition coefficient (Wildman–Crippen LogP) is 3.40. The first-order valence-electron chi connectivity index (χ1n) is 6.63. The zero-order valence-electron chi connectivity index (χ0n) is 11.8. The molecule has 0 aliphatic rings. The summed E-state index contributed by atoms with van der Waals surface area (Å²) in [4.78, 5) is 13.5. The van der Waals surface area contributed by atoms with E-state index in [4.69, 9.17) is 5.73 Å². The fourth-order valence-electron chi connectivity index (χ4n) is 1.73. The van der Waals surface area contributed by atoms with Gasteiger partial charge in [-0.05, 0) is 19.6 Å². The molecule has 0 aromatic carbocycles. The van der Waals surface area contributed by atoms with Crippen LogP contribution in [0, 0.1) is 0 Å². The predicted molar refractivity (Wildman–Crippen MR) is 86.5 cm³/mol. The Labute approximate surface area is 123 Å². The standard InChI is InChI=1S/C13H23N3OS2/c1-4-6-7-8-16-13-11(18-3)9(14)10(19-13)12(17)15-5-2/h16H,4-8,14H2,1-3H3,(H,15,17). The summed E-state index contributed by atoms with van der Waals surface area (Å²) in [6.45, 7) is 5.63. The Hall–Kier alpha value is -0.880. The second-order valence-electron chi connectivity index (χ2n) is 4.20. The molecule has 0 bridgehead atoms. The van der Waals surface area contributed by atoms with Crippen LogP contribution < -0.4 is 16.4 Å². The number of hydrogen-bond acceptors (Lipinski definition) is 5. The Kier molecular flexibility index (Phi) is 7.09. The number of thiophene rings is 1. The number of nitrogen functional groups attached to an aromatic ring is 1. The number of hydrogen-bond donors (Lipinski definition) is 3. The van der Waals surface area contributed by atoms with Crippen LogP contribution in [0.4, 0.5) is 10.7 Å². The Morgan fingerprint density at radius 1 is 1.37 bits per heavy atom. The molecule has 0 atom stereocenters. The topological polar surface area (TPSA) is 67.2 Å². The number of nitrogens with two attached hydrogens (primary N) is 1.